The fourth-order valence-electron chi connectivity index (χ4n) is 1.89. The molecule has 3 nitrogen and oxygen atoms in total. The van der Waals surface area contributed by atoms with Crippen LogP contribution in [0, 0.1) is 0 Å². The molecule has 102 valence electrons. The molecule has 0 aliphatic carbocycles. The van der Waals surface area contributed by atoms with Crippen LogP contribution in [0.1, 0.15) is 0 Å². The molecule has 0 unspecified atom stereocenters. The molecule has 2 rings (SSSR count). The van der Waals surface area contributed by atoms with E-state index in [0.29, 0.717) is 0 Å². The number of ether oxygens (including phenoxy) is 2. The Labute approximate surface area is 131 Å². The van der Waals surface area contributed by atoms with Gasteiger partial charge in [-0.2, -0.15) is 4.99 Å². The molecule has 0 heterocycles. The van der Waals surface area contributed by atoms with E-state index < -0.39 is 0 Å². The number of hydrogen-bond acceptors (Lipinski definition) is 4. The highest BCUT2D eigenvalue weighted by Crippen LogP contribution is 2.41. The van der Waals surface area contributed by atoms with E-state index in [4.69, 9.17) is 9.47 Å². The van der Waals surface area contributed by atoms with Crippen molar-refractivity contribution in [3.63, 3.8) is 0 Å². The standard InChI is InChI=1S/C15H12BrNO2S/c1-18-10-6-7-14(19-2)12(8-10)11-4-3-5-13(15(11)16)17-9-20/h3-8H,1-2H3. The van der Waals surface area contributed by atoms with Crippen molar-refractivity contribution in [2.45, 2.75) is 0 Å². The summed E-state index contributed by atoms with van der Waals surface area (Å²) in [6, 6.07) is 11.4. The Morgan fingerprint density at radius 2 is 1.90 bits per heavy atom. The second kappa shape index (κ2) is 6.66. The fourth-order valence-corrected chi connectivity index (χ4v) is 2.55. The van der Waals surface area contributed by atoms with Crippen molar-refractivity contribution in [2.24, 2.45) is 4.99 Å². The van der Waals surface area contributed by atoms with Gasteiger partial charge in [0.2, 0.25) is 0 Å². The number of aliphatic imine (C=N–C) groups is 1. The lowest BCUT2D eigenvalue weighted by Gasteiger charge is -2.12. The maximum atomic E-state index is 5.41. The van der Waals surface area contributed by atoms with Crippen molar-refractivity contribution in [2.75, 3.05) is 14.2 Å². The Bertz CT molecular complexity index is 682. The molecule has 0 spiro atoms. The maximum absolute atomic E-state index is 5.41. The predicted molar refractivity (Wildman–Crippen MR) is 87.4 cm³/mol. The first-order valence-electron chi connectivity index (χ1n) is 5.80. The lowest BCUT2D eigenvalue weighted by molar-refractivity contribution is 0.404. The molecule has 0 aliphatic rings. The number of nitrogens with zero attached hydrogens (tertiary/aromatic N) is 1. The Kier molecular flexibility index (Phi) is 4.90. The van der Waals surface area contributed by atoms with Gasteiger partial charge in [0.05, 0.1) is 29.5 Å². The Balaban J connectivity index is 2.67. The van der Waals surface area contributed by atoms with E-state index in [9.17, 15) is 0 Å². The third-order valence-electron chi connectivity index (χ3n) is 2.84. The van der Waals surface area contributed by atoms with Gasteiger partial charge in [0, 0.05) is 11.1 Å². The highest BCUT2D eigenvalue weighted by atomic mass is 79.9. The molecule has 0 saturated heterocycles. The van der Waals surface area contributed by atoms with Crippen molar-refractivity contribution in [1.82, 2.24) is 0 Å². The fraction of sp³-hybridized carbons (Fsp3) is 0.133. The van der Waals surface area contributed by atoms with Crippen LogP contribution in [0.3, 0.4) is 0 Å². The monoisotopic (exact) mass is 349 g/mol. The quantitative estimate of drug-likeness (QED) is 0.582. The van der Waals surface area contributed by atoms with Crippen molar-refractivity contribution in [3.05, 3.63) is 40.9 Å². The van der Waals surface area contributed by atoms with Crippen LogP contribution >= 0.6 is 28.1 Å². The van der Waals surface area contributed by atoms with E-state index in [1.807, 2.05) is 36.4 Å². The van der Waals surface area contributed by atoms with E-state index in [-0.39, 0.29) is 0 Å². The van der Waals surface area contributed by atoms with Gasteiger partial charge in [-0.15, -0.1) is 0 Å². The summed E-state index contributed by atoms with van der Waals surface area (Å²) in [5, 5.41) is 2.38. The van der Waals surface area contributed by atoms with Gasteiger partial charge in [-0.3, -0.25) is 0 Å². The molecule has 0 N–H and O–H groups in total. The first kappa shape index (κ1) is 14.7. The van der Waals surface area contributed by atoms with Gasteiger partial charge < -0.3 is 9.47 Å². The van der Waals surface area contributed by atoms with Gasteiger partial charge >= 0.3 is 0 Å². The second-order valence-electron chi connectivity index (χ2n) is 3.91. The summed E-state index contributed by atoms with van der Waals surface area (Å²) >= 11 is 8.21. The van der Waals surface area contributed by atoms with Gasteiger partial charge in [-0.1, -0.05) is 12.1 Å². The van der Waals surface area contributed by atoms with Gasteiger partial charge in [0.1, 0.15) is 11.5 Å². The zero-order valence-electron chi connectivity index (χ0n) is 11.0. The summed E-state index contributed by atoms with van der Waals surface area (Å²) < 4.78 is 11.5. The summed E-state index contributed by atoms with van der Waals surface area (Å²) in [5.74, 6) is 1.52. The number of hydrogen-bond donors (Lipinski definition) is 0. The van der Waals surface area contributed by atoms with E-state index in [0.717, 1.165) is 32.8 Å². The highest BCUT2D eigenvalue weighted by Gasteiger charge is 2.13. The average Bonchev–Trinajstić information content (AvgIpc) is 2.49. The van der Waals surface area contributed by atoms with Gasteiger partial charge in [0.15, 0.2) is 0 Å². The number of methoxy groups -OCH3 is 2. The van der Waals surface area contributed by atoms with Crippen molar-refractivity contribution in [1.29, 1.82) is 0 Å². The summed E-state index contributed by atoms with van der Waals surface area (Å²) in [6.07, 6.45) is 0. The number of isothiocyanates is 1. The van der Waals surface area contributed by atoms with E-state index in [2.05, 4.69) is 38.3 Å². The average molecular weight is 350 g/mol. The molecular weight excluding hydrogens is 338 g/mol. The highest BCUT2D eigenvalue weighted by molar-refractivity contribution is 9.10. The molecule has 0 aliphatic heterocycles. The van der Waals surface area contributed by atoms with Crippen LogP contribution in [0.2, 0.25) is 0 Å². The molecular formula is C15H12BrNO2S. The van der Waals surface area contributed by atoms with Gasteiger partial charge in [-0.05, 0) is 52.4 Å². The van der Waals surface area contributed by atoms with Crippen molar-refractivity contribution < 1.29 is 9.47 Å². The number of thiocarbonyl (C=S) groups is 1. The van der Waals surface area contributed by atoms with Gasteiger partial charge in [-0.25, -0.2) is 0 Å². The molecule has 2 aromatic carbocycles. The summed E-state index contributed by atoms with van der Waals surface area (Å²) in [7, 11) is 3.27. The predicted octanol–water partition coefficient (Wildman–Crippen LogP) is 4.87. The third kappa shape index (κ3) is 2.90. The van der Waals surface area contributed by atoms with Crippen LogP contribution < -0.4 is 9.47 Å². The molecule has 0 saturated carbocycles. The van der Waals surface area contributed by atoms with Crippen molar-refractivity contribution >= 4 is 39.0 Å². The first-order chi connectivity index (χ1) is 9.71. The minimum Gasteiger partial charge on any atom is -0.497 e. The first-order valence-corrected chi connectivity index (χ1v) is 7.00. The molecule has 2 aromatic rings. The van der Waals surface area contributed by atoms with Crippen LogP contribution in [0.25, 0.3) is 11.1 Å². The molecule has 0 atom stereocenters. The number of halogens is 1. The molecule has 0 radical (unpaired) electrons. The van der Waals surface area contributed by atoms with E-state index in [1.165, 1.54) is 0 Å². The minimum absolute atomic E-state index is 0.724. The number of benzene rings is 2. The molecule has 5 heteroatoms. The minimum atomic E-state index is 0.724. The number of rotatable bonds is 4. The van der Waals surface area contributed by atoms with Crippen LogP contribution in [0.15, 0.2) is 45.9 Å². The smallest absolute Gasteiger partial charge is 0.126 e. The third-order valence-corrected chi connectivity index (χ3v) is 3.77. The molecule has 0 aromatic heterocycles. The Morgan fingerprint density at radius 3 is 2.55 bits per heavy atom. The lowest BCUT2D eigenvalue weighted by Crippen LogP contribution is -1.91. The Hall–Kier alpha value is -1.68. The molecule has 0 fully saturated rings. The normalized spacial score (nSPS) is 9.75. The zero-order chi connectivity index (χ0) is 14.5. The molecule has 0 amide bonds. The topological polar surface area (TPSA) is 30.8 Å². The summed E-state index contributed by atoms with van der Waals surface area (Å²) in [5.41, 5.74) is 2.59. The largest absolute Gasteiger partial charge is 0.497 e. The Morgan fingerprint density at radius 1 is 1.10 bits per heavy atom. The van der Waals surface area contributed by atoms with E-state index in [1.54, 1.807) is 14.2 Å². The molecule has 20 heavy (non-hydrogen) atoms. The SMILES string of the molecule is COc1ccc(OC)c(-c2cccc(N=C=S)c2Br)c1. The van der Waals surface area contributed by atoms with E-state index >= 15 is 0 Å². The zero-order valence-corrected chi connectivity index (χ0v) is 13.4. The summed E-state index contributed by atoms with van der Waals surface area (Å²) in [6.45, 7) is 0. The van der Waals surface area contributed by atoms with Crippen LogP contribution in [-0.2, 0) is 0 Å². The van der Waals surface area contributed by atoms with Crippen LogP contribution in [-0.4, -0.2) is 19.4 Å². The molecule has 0 bridgehead atoms. The van der Waals surface area contributed by atoms with Crippen LogP contribution in [0.5, 0.6) is 11.5 Å². The van der Waals surface area contributed by atoms with Gasteiger partial charge in [0.25, 0.3) is 0 Å². The second-order valence-corrected chi connectivity index (χ2v) is 4.88. The van der Waals surface area contributed by atoms with Crippen molar-refractivity contribution in [3.8, 4) is 22.6 Å². The lowest BCUT2D eigenvalue weighted by atomic mass is 10.0. The van der Waals surface area contributed by atoms with Crippen LogP contribution in [0.4, 0.5) is 5.69 Å². The summed E-state index contributed by atoms with van der Waals surface area (Å²) in [4.78, 5) is 4.04. The maximum Gasteiger partial charge on any atom is 0.126 e.